The van der Waals surface area contributed by atoms with Crippen molar-refractivity contribution in [3.05, 3.63) is 77.3 Å². The van der Waals surface area contributed by atoms with E-state index in [0.717, 1.165) is 5.56 Å². The summed E-state index contributed by atoms with van der Waals surface area (Å²) in [5.74, 6) is -1.03. The molecule has 0 saturated carbocycles. The Labute approximate surface area is 158 Å². The largest absolute Gasteiger partial charge is 0.478 e. The lowest BCUT2D eigenvalue weighted by Gasteiger charge is -2.10. The maximum Gasteiger partial charge on any atom is 0.335 e. The molecule has 1 atom stereocenters. The summed E-state index contributed by atoms with van der Waals surface area (Å²) in [5.41, 5.74) is 1.88. The molecule has 1 aliphatic heterocycles. The number of rotatable bonds is 5. The van der Waals surface area contributed by atoms with Gasteiger partial charge in [-0.1, -0.05) is 24.3 Å². The topological polar surface area (TPSA) is 122 Å². The molecule has 0 spiro atoms. The zero-order chi connectivity index (χ0) is 19.7. The number of benzene rings is 2. The Morgan fingerprint density at radius 1 is 0.929 bits per heavy atom. The minimum absolute atomic E-state index is 0.184. The van der Waals surface area contributed by atoms with Crippen molar-refractivity contribution in [2.45, 2.75) is 6.10 Å². The number of aromatic nitrogens is 1. The number of aromatic carboxylic acids is 2. The van der Waals surface area contributed by atoms with Crippen molar-refractivity contribution >= 4 is 17.8 Å². The maximum absolute atomic E-state index is 10.9. The third-order valence-corrected chi connectivity index (χ3v) is 4.29. The number of hydrogen-bond acceptors (Lipinski definition) is 6. The normalized spacial score (nSPS) is 15.7. The van der Waals surface area contributed by atoms with Gasteiger partial charge in [0.2, 0.25) is 0 Å². The molecule has 1 aliphatic rings. The molecule has 1 aromatic heterocycles. The van der Waals surface area contributed by atoms with E-state index in [1.54, 1.807) is 24.3 Å². The number of oxazole rings is 1. The molecular weight excluding hydrogens is 364 g/mol. The summed E-state index contributed by atoms with van der Waals surface area (Å²) < 4.78 is 11.5. The Bertz CT molecular complexity index is 1070. The second kappa shape index (κ2) is 6.99. The van der Waals surface area contributed by atoms with Crippen molar-refractivity contribution in [2.24, 2.45) is 4.99 Å². The average molecular weight is 378 g/mol. The second-order valence-electron chi connectivity index (χ2n) is 6.09. The minimum Gasteiger partial charge on any atom is -0.478 e. The number of carbonyl (C=O) groups is 2. The van der Waals surface area contributed by atoms with Crippen molar-refractivity contribution in [2.75, 3.05) is 6.54 Å². The lowest BCUT2D eigenvalue weighted by Crippen LogP contribution is -2.07. The Balaban J connectivity index is 1.47. The zero-order valence-corrected chi connectivity index (χ0v) is 14.4. The smallest absolute Gasteiger partial charge is 0.335 e. The molecular formula is C20H14N2O6. The molecule has 0 aliphatic carbocycles. The first-order chi connectivity index (χ1) is 13.5. The van der Waals surface area contributed by atoms with Crippen molar-refractivity contribution < 1.29 is 29.0 Å². The molecule has 0 radical (unpaired) electrons. The van der Waals surface area contributed by atoms with E-state index in [4.69, 9.17) is 19.4 Å². The highest BCUT2D eigenvalue weighted by atomic mass is 16.5. The number of aliphatic imine (C=N–C) groups is 1. The summed E-state index contributed by atoms with van der Waals surface area (Å²) in [4.78, 5) is 30.4. The summed E-state index contributed by atoms with van der Waals surface area (Å²) in [6, 6.07) is 12.7. The van der Waals surface area contributed by atoms with Crippen molar-refractivity contribution in [3.8, 4) is 11.3 Å². The van der Waals surface area contributed by atoms with Crippen LogP contribution >= 0.6 is 0 Å². The van der Waals surface area contributed by atoms with Crippen LogP contribution < -0.4 is 0 Å². The molecule has 2 N–H and O–H groups in total. The maximum atomic E-state index is 10.9. The molecule has 0 saturated heterocycles. The molecule has 140 valence electrons. The van der Waals surface area contributed by atoms with Crippen LogP contribution in [0.5, 0.6) is 0 Å². The van der Waals surface area contributed by atoms with Crippen LogP contribution in [0.4, 0.5) is 0 Å². The van der Waals surface area contributed by atoms with Crippen LogP contribution in [0.2, 0.25) is 0 Å². The summed E-state index contributed by atoms with van der Waals surface area (Å²) in [5, 5.41) is 17.9. The van der Waals surface area contributed by atoms with E-state index >= 15 is 0 Å². The van der Waals surface area contributed by atoms with Crippen LogP contribution in [0.15, 0.2) is 64.1 Å². The molecule has 8 nitrogen and oxygen atoms in total. The summed E-state index contributed by atoms with van der Waals surface area (Å²) in [6.07, 6.45) is 1.18. The molecule has 0 bridgehead atoms. The fourth-order valence-electron chi connectivity index (χ4n) is 2.79. The standard InChI is InChI=1S/C20H14N2O6/c23-19(24)13-5-1-11(2-6-13)15-9-21-17(27-15)18-22-10-16(28-18)12-3-7-14(8-4-12)20(25)26/h1-9,16H,10H2,(H,23,24)(H,25,26). The van der Waals surface area contributed by atoms with Gasteiger partial charge in [0, 0.05) is 5.56 Å². The molecule has 1 unspecified atom stereocenters. The monoisotopic (exact) mass is 378 g/mol. The van der Waals surface area contributed by atoms with E-state index in [9.17, 15) is 9.59 Å². The highest BCUT2D eigenvalue weighted by Gasteiger charge is 2.26. The van der Waals surface area contributed by atoms with Crippen LogP contribution in [0.1, 0.15) is 38.3 Å². The molecule has 0 fully saturated rings. The molecule has 3 aromatic rings. The second-order valence-corrected chi connectivity index (χ2v) is 6.09. The molecule has 0 amide bonds. The van der Waals surface area contributed by atoms with Crippen LogP contribution in [0, 0.1) is 0 Å². The molecule has 28 heavy (non-hydrogen) atoms. The van der Waals surface area contributed by atoms with Crippen LogP contribution in [-0.4, -0.2) is 39.6 Å². The van der Waals surface area contributed by atoms with Gasteiger partial charge in [0.25, 0.3) is 11.8 Å². The van der Waals surface area contributed by atoms with Crippen LogP contribution in [-0.2, 0) is 4.74 Å². The molecule has 2 heterocycles. The van der Waals surface area contributed by atoms with Gasteiger partial charge < -0.3 is 19.4 Å². The first-order valence-corrected chi connectivity index (χ1v) is 8.35. The number of carboxylic acids is 2. The third kappa shape index (κ3) is 3.35. The van der Waals surface area contributed by atoms with E-state index < -0.39 is 11.9 Å². The third-order valence-electron chi connectivity index (χ3n) is 4.29. The van der Waals surface area contributed by atoms with Gasteiger partial charge in [-0.05, 0) is 29.8 Å². The van der Waals surface area contributed by atoms with E-state index in [0.29, 0.717) is 17.9 Å². The average Bonchev–Trinajstić information content (AvgIpc) is 3.38. The fourth-order valence-corrected chi connectivity index (χ4v) is 2.79. The SMILES string of the molecule is O=C(O)c1ccc(-c2cnc(C3=NCC(c4ccc(C(=O)O)cc4)O3)o2)cc1. The highest BCUT2D eigenvalue weighted by molar-refractivity contribution is 5.91. The van der Waals surface area contributed by atoms with Crippen molar-refractivity contribution in [1.82, 2.24) is 4.98 Å². The summed E-state index contributed by atoms with van der Waals surface area (Å²) in [6.45, 7) is 0.368. The first-order valence-electron chi connectivity index (χ1n) is 8.35. The summed E-state index contributed by atoms with van der Waals surface area (Å²) >= 11 is 0. The number of ether oxygens (including phenoxy) is 1. The van der Waals surface area contributed by atoms with Crippen molar-refractivity contribution in [3.63, 3.8) is 0 Å². The predicted molar refractivity (Wildman–Crippen MR) is 97.5 cm³/mol. The van der Waals surface area contributed by atoms with E-state index in [-0.39, 0.29) is 29.0 Å². The van der Waals surface area contributed by atoms with Gasteiger partial charge >= 0.3 is 11.9 Å². The van der Waals surface area contributed by atoms with Gasteiger partial charge in [0.1, 0.15) is 6.10 Å². The Morgan fingerprint density at radius 3 is 2.14 bits per heavy atom. The van der Waals surface area contributed by atoms with E-state index in [1.807, 2.05) is 0 Å². The first kappa shape index (κ1) is 17.5. The molecule has 4 rings (SSSR count). The Morgan fingerprint density at radius 2 is 1.54 bits per heavy atom. The van der Waals surface area contributed by atoms with Gasteiger partial charge in [-0.25, -0.2) is 19.6 Å². The van der Waals surface area contributed by atoms with Gasteiger partial charge in [-0.3, -0.25) is 0 Å². The van der Waals surface area contributed by atoms with Gasteiger partial charge in [0.15, 0.2) is 5.76 Å². The quantitative estimate of drug-likeness (QED) is 0.698. The molecule has 2 aromatic carbocycles. The zero-order valence-electron chi connectivity index (χ0n) is 14.4. The van der Waals surface area contributed by atoms with Crippen LogP contribution in [0.3, 0.4) is 0 Å². The van der Waals surface area contributed by atoms with Gasteiger partial charge in [0.05, 0.1) is 23.9 Å². The Kier molecular flexibility index (Phi) is 4.36. The van der Waals surface area contributed by atoms with Gasteiger partial charge in [-0.2, -0.15) is 0 Å². The van der Waals surface area contributed by atoms with Crippen molar-refractivity contribution in [1.29, 1.82) is 0 Å². The number of nitrogens with zero attached hydrogens (tertiary/aromatic N) is 2. The van der Waals surface area contributed by atoms with E-state index in [1.165, 1.54) is 30.5 Å². The Hall–Kier alpha value is -3.94. The lowest BCUT2D eigenvalue weighted by atomic mass is 10.1. The lowest BCUT2D eigenvalue weighted by molar-refractivity contribution is 0.0686. The number of hydrogen-bond donors (Lipinski definition) is 2. The van der Waals surface area contributed by atoms with E-state index in [2.05, 4.69) is 9.98 Å². The number of carboxylic acid groups (broad SMARTS) is 2. The highest BCUT2D eigenvalue weighted by Crippen LogP contribution is 2.27. The fraction of sp³-hybridized carbons (Fsp3) is 0.100. The van der Waals surface area contributed by atoms with Crippen LogP contribution in [0.25, 0.3) is 11.3 Å². The molecule has 8 heteroatoms. The predicted octanol–water partition coefficient (Wildman–Crippen LogP) is 3.26. The summed E-state index contributed by atoms with van der Waals surface area (Å²) in [7, 11) is 0. The van der Waals surface area contributed by atoms with Gasteiger partial charge in [-0.15, -0.1) is 0 Å². The minimum atomic E-state index is -0.999.